The van der Waals surface area contributed by atoms with E-state index in [-0.39, 0.29) is 5.91 Å². The van der Waals surface area contributed by atoms with Gasteiger partial charge in [-0.25, -0.2) is 20.0 Å². The highest BCUT2D eigenvalue weighted by molar-refractivity contribution is 5.87. The van der Waals surface area contributed by atoms with Crippen LogP contribution in [0.25, 0.3) is 28.2 Å². The highest BCUT2D eigenvalue weighted by Gasteiger charge is 2.27. The third-order valence-corrected chi connectivity index (χ3v) is 8.02. The second kappa shape index (κ2) is 11.2. The number of nitrogens with one attached hydrogen (secondary N) is 1. The van der Waals surface area contributed by atoms with E-state index in [0.717, 1.165) is 60.8 Å². The molecule has 4 heterocycles. The molecule has 9 nitrogen and oxygen atoms in total. The molecule has 1 aromatic carbocycles. The van der Waals surface area contributed by atoms with Gasteiger partial charge in [0.05, 0.1) is 5.56 Å². The molecule has 3 aromatic heterocycles. The van der Waals surface area contributed by atoms with E-state index in [4.69, 9.17) is 15.7 Å². The number of nitrogens with two attached hydrogens (primary N) is 1. The van der Waals surface area contributed by atoms with Crippen LogP contribution < -0.4 is 11.2 Å². The van der Waals surface area contributed by atoms with E-state index in [1.165, 1.54) is 48.6 Å². The fourth-order valence-electron chi connectivity index (χ4n) is 5.59. The molecule has 1 amide bonds. The van der Waals surface area contributed by atoms with Crippen molar-refractivity contribution in [1.82, 2.24) is 34.9 Å². The first-order valence-electron chi connectivity index (χ1n) is 14.1. The molecule has 0 unspecified atom stereocenters. The summed E-state index contributed by atoms with van der Waals surface area (Å²) in [5.74, 6) is 1.92. The number of nitrogens with zero attached hydrogens (tertiary/aromatic N) is 6. The maximum absolute atomic E-state index is 11.1. The Kier molecular flexibility index (Phi) is 7.32. The maximum atomic E-state index is 11.1. The smallest absolute Gasteiger partial charge is 0.246 e. The second-order valence-corrected chi connectivity index (χ2v) is 10.6. The van der Waals surface area contributed by atoms with Gasteiger partial charge in [0.2, 0.25) is 5.91 Å². The van der Waals surface area contributed by atoms with Crippen molar-refractivity contribution in [3.63, 3.8) is 0 Å². The summed E-state index contributed by atoms with van der Waals surface area (Å²) in [6.45, 7) is 6.79. The normalized spacial score (nSPS) is 16.9. The molecule has 0 bridgehead atoms. The van der Waals surface area contributed by atoms with Crippen molar-refractivity contribution in [2.45, 2.75) is 38.0 Å². The predicted octanol–water partition coefficient (Wildman–Crippen LogP) is 3.88. The topological polar surface area (TPSA) is 105 Å². The molecule has 3 aliphatic rings. The quantitative estimate of drug-likeness (QED) is 0.373. The van der Waals surface area contributed by atoms with Gasteiger partial charge in [0, 0.05) is 49.7 Å². The van der Waals surface area contributed by atoms with Crippen LogP contribution in [-0.4, -0.2) is 68.6 Å². The number of fused-ring (bicyclic) bond motifs is 2. The molecule has 1 aliphatic heterocycles. The van der Waals surface area contributed by atoms with Crippen molar-refractivity contribution in [2.24, 2.45) is 0 Å². The number of aromatic nitrogens is 4. The molecule has 206 valence electrons. The number of amides is 1. The molecule has 9 heteroatoms. The van der Waals surface area contributed by atoms with Crippen LogP contribution >= 0.6 is 0 Å². The van der Waals surface area contributed by atoms with E-state index < -0.39 is 0 Å². The minimum atomic E-state index is 0.0331. The number of rotatable bonds is 5. The fraction of sp³-hybridized carbons (Fsp3) is 0.355. The molecule has 2 fully saturated rings. The van der Waals surface area contributed by atoms with Crippen molar-refractivity contribution in [1.29, 1.82) is 0 Å². The molecule has 7 rings (SSSR count). The number of carbonyl (C=O) groups excluding carboxylic acids is 1. The van der Waals surface area contributed by atoms with Crippen LogP contribution in [0.5, 0.6) is 0 Å². The van der Waals surface area contributed by atoms with Crippen LogP contribution in [-0.2, 0) is 17.6 Å². The Morgan fingerprint density at radius 3 is 2.58 bits per heavy atom. The van der Waals surface area contributed by atoms with Gasteiger partial charge in [-0.2, -0.15) is 0 Å². The van der Waals surface area contributed by atoms with E-state index in [1.54, 1.807) is 11.1 Å². The minimum absolute atomic E-state index is 0.0331. The van der Waals surface area contributed by atoms with Gasteiger partial charge in [-0.15, -0.1) is 0 Å². The Morgan fingerprint density at radius 2 is 1.85 bits per heavy atom. The maximum Gasteiger partial charge on any atom is 0.246 e. The van der Waals surface area contributed by atoms with Crippen LogP contribution in [0.3, 0.4) is 0 Å². The van der Waals surface area contributed by atoms with Crippen molar-refractivity contribution in [3.8, 4) is 17.1 Å². The first-order chi connectivity index (χ1) is 19.6. The van der Waals surface area contributed by atoms with Crippen LogP contribution in [0, 0.1) is 0 Å². The Hall–Kier alpha value is -4.08. The second-order valence-electron chi connectivity index (χ2n) is 10.6. The SMILES string of the molecule is C=CC(=O)N1CCN(NC)CC1.Nc1ncccc1-c1nc2ccc(C3CC3)nc2n1-c1ccc2c(c1)CCC2. The number of carbonyl (C=O) groups is 1. The lowest BCUT2D eigenvalue weighted by Crippen LogP contribution is -2.52. The van der Waals surface area contributed by atoms with Gasteiger partial charge in [0.1, 0.15) is 11.3 Å². The summed E-state index contributed by atoms with van der Waals surface area (Å²) in [6, 6.07) is 14.8. The number of imidazole rings is 1. The molecule has 1 saturated carbocycles. The number of aryl methyl sites for hydroxylation is 2. The summed E-state index contributed by atoms with van der Waals surface area (Å²) in [7, 11) is 1.89. The molecule has 4 aromatic rings. The number of anilines is 1. The Balaban J connectivity index is 0.000000204. The lowest BCUT2D eigenvalue weighted by atomic mass is 10.1. The molecule has 0 spiro atoms. The standard InChI is InChI=1S/C23H21N5.C8H15N3O/c24-21-18(5-2-12-25-21)22-27-20-11-10-19(15-6-7-15)26-23(20)28(22)17-9-8-14-3-1-4-16(14)13-17;1-3-8(12)10-4-6-11(9-2)7-5-10/h2,5,8-13,15H,1,3-4,6-7H2,(H2,24,25);3,9H,1,4-7H2,2H3. The van der Waals surface area contributed by atoms with Gasteiger partial charge >= 0.3 is 0 Å². The highest BCUT2D eigenvalue weighted by Crippen LogP contribution is 2.40. The Labute approximate surface area is 234 Å². The largest absolute Gasteiger partial charge is 0.383 e. The summed E-state index contributed by atoms with van der Waals surface area (Å²) in [6.07, 6.45) is 9.09. The van der Waals surface area contributed by atoms with Crippen LogP contribution in [0.1, 0.15) is 42.0 Å². The van der Waals surface area contributed by atoms with Crippen molar-refractivity contribution in [3.05, 3.63) is 78.1 Å². The minimum Gasteiger partial charge on any atom is -0.383 e. The Bertz CT molecular complexity index is 1550. The van der Waals surface area contributed by atoms with Crippen LogP contribution in [0.15, 0.2) is 61.3 Å². The summed E-state index contributed by atoms with van der Waals surface area (Å²) in [5.41, 5.74) is 17.1. The molecule has 0 atom stereocenters. The lowest BCUT2D eigenvalue weighted by Gasteiger charge is -2.33. The number of hydrazine groups is 1. The molecular formula is C31H36N8O. The number of hydrogen-bond donors (Lipinski definition) is 2. The van der Waals surface area contributed by atoms with E-state index >= 15 is 0 Å². The number of pyridine rings is 2. The number of nitrogen functional groups attached to an aromatic ring is 1. The van der Waals surface area contributed by atoms with Gasteiger partial charge in [-0.1, -0.05) is 12.6 Å². The van der Waals surface area contributed by atoms with E-state index in [9.17, 15) is 4.79 Å². The molecule has 2 aliphatic carbocycles. The number of piperazine rings is 1. The third-order valence-electron chi connectivity index (χ3n) is 8.02. The number of benzene rings is 1. The van der Waals surface area contributed by atoms with Gasteiger partial charge in [-0.3, -0.25) is 14.8 Å². The van der Waals surface area contributed by atoms with Gasteiger partial charge in [0.15, 0.2) is 11.5 Å². The average molecular weight is 537 g/mol. The van der Waals surface area contributed by atoms with Crippen LogP contribution in [0.2, 0.25) is 0 Å². The molecule has 0 radical (unpaired) electrons. The molecule has 3 N–H and O–H groups in total. The van der Waals surface area contributed by atoms with E-state index in [2.05, 4.69) is 56.9 Å². The predicted molar refractivity (Wildman–Crippen MR) is 158 cm³/mol. The molecule has 1 saturated heterocycles. The zero-order valence-electron chi connectivity index (χ0n) is 23.0. The molecule has 40 heavy (non-hydrogen) atoms. The fourth-order valence-corrected chi connectivity index (χ4v) is 5.59. The van der Waals surface area contributed by atoms with E-state index in [0.29, 0.717) is 11.7 Å². The van der Waals surface area contributed by atoms with Gasteiger partial charge in [0.25, 0.3) is 0 Å². The summed E-state index contributed by atoms with van der Waals surface area (Å²) in [5, 5.41) is 2.09. The monoisotopic (exact) mass is 536 g/mol. The van der Waals surface area contributed by atoms with Crippen molar-refractivity contribution < 1.29 is 4.79 Å². The van der Waals surface area contributed by atoms with Crippen LogP contribution in [0.4, 0.5) is 5.82 Å². The summed E-state index contributed by atoms with van der Waals surface area (Å²) < 4.78 is 2.16. The summed E-state index contributed by atoms with van der Waals surface area (Å²) >= 11 is 0. The van der Waals surface area contributed by atoms with Gasteiger partial charge < -0.3 is 10.6 Å². The summed E-state index contributed by atoms with van der Waals surface area (Å²) in [4.78, 5) is 27.2. The third kappa shape index (κ3) is 5.22. The van der Waals surface area contributed by atoms with Crippen molar-refractivity contribution >= 4 is 22.9 Å². The molecular weight excluding hydrogens is 500 g/mol. The Morgan fingerprint density at radius 1 is 1.05 bits per heavy atom. The zero-order chi connectivity index (χ0) is 27.6. The zero-order valence-corrected chi connectivity index (χ0v) is 23.0. The number of hydrogen-bond acceptors (Lipinski definition) is 7. The first kappa shape index (κ1) is 26.2. The average Bonchev–Trinajstić information content (AvgIpc) is 3.62. The lowest BCUT2D eigenvalue weighted by molar-refractivity contribution is -0.128. The first-order valence-corrected chi connectivity index (χ1v) is 14.1. The van der Waals surface area contributed by atoms with E-state index in [1.807, 2.05) is 19.2 Å². The van der Waals surface area contributed by atoms with Gasteiger partial charge in [-0.05, 0) is 92.8 Å². The van der Waals surface area contributed by atoms with Crippen molar-refractivity contribution in [2.75, 3.05) is 39.0 Å². The highest BCUT2D eigenvalue weighted by atomic mass is 16.2.